The molecule has 0 aliphatic carbocycles. The highest BCUT2D eigenvalue weighted by Gasteiger charge is 2.33. The van der Waals surface area contributed by atoms with Gasteiger partial charge in [0, 0.05) is 43.8 Å². The number of amides is 1. The van der Waals surface area contributed by atoms with E-state index in [9.17, 15) is 28.4 Å². The number of fused-ring (bicyclic) bond motifs is 3. The van der Waals surface area contributed by atoms with E-state index in [1.165, 1.54) is 19.2 Å². The van der Waals surface area contributed by atoms with Gasteiger partial charge in [0.2, 0.25) is 10.0 Å². The number of nitro benzene ring substituents is 1. The number of sulfonamides is 1. The number of hydrogen-bond donors (Lipinski definition) is 1. The summed E-state index contributed by atoms with van der Waals surface area (Å²) in [6.45, 7) is 3.80. The lowest BCUT2D eigenvalue weighted by molar-refractivity contribution is -0.384. The fraction of sp³-hybridized carbons (Fsp3) is 0.345. The molecule has 212 valence electrons. The first-order valence-electron chi connectivity index (χ1n) is 13.0. The maximum Gasteiger partial charge on any atom is 0.269 e. The normalized spacial score (nSPS) is 18.9. The molecule has 1 amide bonds. The maximum atomic E-state index is 13.9. The average molecular weight is 568 g/mol. The Morgan fingerprint density at radius 3 is 2.27 bits per heavy atom. The zero-order valence-electron chi connectivity index (χ0n) is 22.6. The Labute approximate surface area is 234 Å². The van der Waals surface area contributed by atoms with Crippen LogP contribution in [0.5, 0.6) is 0 Å². The molecule has 1 aliphatic rings. The smallest absolute Gasteiger partial charge is 0.269 e. The van der Waals surface area contributed by atoms with E-state index in [0.29, 0.717) is 5.56 Å². The quantitative estimate of drug-likeness (QED) is 0.338. The SMILES string of the molecule is C[C@H]1CN([C@@H](C)CO)C(=O)c2ccccc2-c2ccccc2CO[C@H]1CN(C)S(=O)(=O)c1ccc([N+](=O)[O-])cc1. The second-order valence-electron chi connectivity index (χ2n) is 10.1. The summed E-state index contributed by atoms with van der Waals surface area (Å²) in [5.41, 5.74) is 2.75. The van der Waals surface area contributed by atoms with Crippen LogP contribution in [0.25, 0.3) is 11.1 Å². The molecule has 0 aromatic heterocycles. The molecule has 40 heavy (non-hydrogen) atoms. The van der Waals surface area contributed by atoms with Gasteiger partial charge in [-0.25, -0.2) is 8.42 Å². The van der Waals surface area contributed by atoms with Crippen molar-refractivity contribution in [2.24, 2.45) is 5.92 Å². The number of non-ortho nitro benzene ring substituents is 1. The number of nitro groups is 1. The van der Waals surface area contributed by atoms with E-state index in [-0.39, 0.29) is 48.7 Å². The summed E-state index contributed by atoms with van der Waals surface area (Å²) in [5.74, 6) is -0.545. The van der Waals surface area contributed by atoms with Gasteiger partial charge in [-0.05, 0) is 41.8 Å². The fourth-order valence-corrected chi connectivity index (χ4v) is 6.01. The lowest BCUT2D eigenvalue weighted by Crippen LogP contribution is -2.47. The topological polar surface area (TPSA) is 130 Å². The summed E-state index contributed by atoms with van der Waals surface area (Å²) in [6, 6.07) is 19.2. The molecule has 0 bridgehead atoms. The Morgan fingerprint density at radius 2 is 1.65 bits per heavy atom. The van der Waals surface area contributed by atoms with Gasteiger partial charge in [0.1, 0.15) is 0 Å². The first-order chi connectivity index (χ1) is 19.0. The van der Waals surface area contributed by atoms with Crippen LogP contribution < -0.4 is 0 Å². The third-order valence-electron chi connectivity index (χ3n) is 7.29. The maximum absolute atomic E-state index is 13.9. The van der Waals surface area contributed by atoms with Crippen molar-refractivity contribution in [3.8, 4) is 11.1 Å². The molecule has 0 unspecified atom stereocenters. The Kier molecular flexibility index (Phi) is 8.99. The number of aliphatic hydroxyl groups is 1. The van der Waals surface area contributed by atoms with E-state index in [1.807, 2.05) is 49.4 Å². The summed E-state index contributed by atoms with van der Waals surface area (Å²) in [5, 5.41) is 21.0. The van der Waals surface area contributed by atoms with Crippen molar-refractivity contribution in [1.82, 2.24) is 9.21 Å². The number of ether oxygens (including phenoxy) is 1. The second kappa shape index (κ2) is 12.3. The van der Waals surface area contributed by atoms with Crippen LogP contribution in [-0.4, -0.2) is 72.4 Å². The number of hydrogen-bond acceptors (Lipinski definition) is 7. The molecule has 0 saturated heterocycles. The standard InChI is InChI=1S/C29H33N3O7S/c1-20-16-31(21(2)18-33)29(34)27-11-7-6-10-26(27)25-9-5-4-8-22(25)19-39-28(20)17-30(3)40(37,38)24-14-12-23(13-15-24)32(35)36/h4-15,20-21,28,33H,16-19H2,1-3H3/t20-,21-,28-/m0/s1. The van der Waals surface area contributed by atoms with Gasteiger partial charge >= 0.3 is 0 Å². The van der Waals surface area contributed by atoms with Crippen LogP contribution in [0.3, 0.4) is 0 Å². The average Bonchev–Trinajstić information content (AvgIpc) is 2.98. The van der Waals surface area contributed by atoms with Gasteiger partial charge in [0.15, 0.2) is 0 Å². The number of rotatable bonds is 7. The van der Waals surface area contributed by atoms with Gasteiger partial charge in [-0.3, -0.25) is 14.9 Å². The minimum absolute atomic E-state index is 0.0227. The van der Waals surface area contributed by atoms with Crippen molar-refractivity contribution in [2.75, 3.05) is 26.7 Å². The lowest BCUT2D eigenvalue weighted by atomic mass is 9.94. The first kappa shape index (κ1) is 29.3. The van der Waals surface area contributed by atoms with Crippen molar-refractivity contribution in [2.45, 2.75) is 37.5 Å². The number of carbonyl (C=O) groups excluding carboxylic acids is 1. The summed E-state index contributed by atoms with van der Waals surface area (Å²) < 4.78 is 34.2. The molecule has 11 heteroatoms. The molecule has 0 saturated carbocycles. The molecule has 1 N–H and O–H groups in total. The molecule has 4 rings (SSSR count). The summed E-state index contributed by atoms with van der Waals surface area (Å²) in [7, 11) is -2.56. The number of nitrogens with zero attached hydrogens (tertiary/aromatic N) is 3. The second-order valence-corrected chi connectivity index (χ2v) is 12.1. The molecule has 1 heterocycles. The molecule has 0 radical (unpaired) electrons. The molecule has 1 aliphatic heterocycles. The van der Waals surface area contributed by atoms with Gasteiger partial charge in [0.25, 0.3) is 11.6 Å². The van der Waals surface area contributed by atoms with E-state index in [0.717, 1.165) is 33.1 Å². The number of benzene rings is 3. The largest absolute Gasteiger partial charge is 0.394 e. The van der Waals surface area contributed by atoms with Gasteiger partial charge in [-0.2, -0.15) is 4.31 Å². The van der Waals surface area contributed by atoms with Crippen LogP contribution in [0, 0.1) is 16.0 Å². The Bertz CT molecular complexity index is 1480. The van der Waals surface area contributed by atoms with E-state index < -0.39 is 27.1 Å². The first-order valence-corrected chi connectivity index (χ1v) is 14.4. The van der Waals surface area contributed by atoms with E-state index in [4.69, 9.17) is 4.74 Å². The molecule has 10 nitrogen and oxygen atoms in total. The highest BCUT2D eigenvalue weighted by Crippen LogP contribution is 2.31. The van der Waals surface area contributed by atoms with Crippen LogP contribution in [0.15, 0.2) is 77.7 Å². The van der Waals surface area contributed by atoms with Gasteiger partial charge in [0.05, 0.1) is 35.2 Å². The van der Waals surface area contributed by atoms with E-state index in [1.54, 1.807) is 17.9 Å². The molecule has 3 atom stereocenters. The van der Waals surface area contributed by atoms with Gasteiger partial charge < -0.3 is 14.7 Å². The van der Waals surface area contributed by atoms with Gasteiger partial charge in [-0.15, -0.1) is 0 Å². The van der Waals surface area contributed by atoms with Crippen molar-refractivity contribution in [3.63, 3.8) is 0 Å². The number of likely N-dealkylation sites (N-methyl/N-ethyl adjacent to an activating group) is 1. The van der Waals surface area contributed by atoms with Crippen molar-refractivity contribution < 1.29 is 28.0 Å². The van der Waals surface area contributed by atoms with Crippen LogP contribution in [0.4, 0.5) is 5.69 Å². The molecular weight excluding hydrogens is 534 g/mol. The van der Waals surface area contributed by atoms with Crippen molar-refractivity contribution in [3.05, 3.63) is 94.0 Å². The fourth-order valence-electron chi connectivity index (χ4n) is 4.82. The predicted molar refractivity (Wildman–Crippen MR) is 150 cm³/mol. The molecule has 3 aromatic rings. The van der Waals surface area contributed by atoms with E-state index in [2.05, 4.69) is 0 Å². The number of aliphatic hydroxyl groups excluding tert-OH is 1. The van der Waals surface area contributed by atoms with Crippen molar-refractivity contribution in [1.29, 1.82) is 0 Å². The Morgan fingerprint density at radius 1 is 1.05 bits per heavy atom. The minimum Gasteiger partial charge on any atom is -0.394 e. The van der Waals surface area contributed by atoms with Crippen molar-refractivity contribution >= 4 is 21.6 Å². The van der Waals surface area contributed by atoms with E-state index >= 15 is 0 Å². The highest BCUT2D eigenvalue weighted by atomic mass is 32.2. The number of carbonyl (C=O) groups is 1. The molecule has 3 aromatic carbocycles. The molecular formula is C29H33N3O7S. The monoisotopic (exact) mass is 567 g/mol. The Balaban J connectivity index is 1.70. The summed E-state index contributed by atoms with van der Waals surface area (Å²) in [6.07, 6.45) is -0.617. The van der Waals surface area contributed by atoms with Crippen LogP contribution in [0.2, 0.25) is 0 Å². The zero-order valence-corrected chi connectivity index (χ0v) is 23.5. The Hall–Kier alpha value is -3.64. The van der Waals surface area contributed by atoms with Gasteiger partial charge in [-0.1, -0.05) is 49.4 Å². The molecule has 0 fully saturated rings. The predicted octanol–water partition coefficient (Wildman–Crippen LogP) is 3.94. The zero-order chi connectivity index (χ0) is 29.0. The van der Waals surface area contributed by atoms with Crippen LogP contribution >= 0.6 is 0 Å². The highest BCUT2D eigenvalue weighted by molar-refractivity contribution is 7.89. The van der Waals surface area contributed by atoms with Crippen LogP contribution in [0.1, 0.15) is 29.8 Å². The minimum atomic E-state index is -3.99. The molecule has 0 spiro atoms. The summed E-state index contributed by atoms with van der Waals surface area (Å²) >= 11 is 0. The third-order valence-corrected chi connectivity index (χ3v) is 9.12. The summed E-state index contributed by atoms with van der Waals surface area (Å²) in [4.78, 5) is 25.8. The lowest BCUT2D eigenvalue weighted by Gasteiger charge is -2.35. The van der Waals surface area contributed by atoms with Crippen LogP contribution in [-0.2, 0) is 21.4 Å². The third kappa shape index (κ3) is 6.07.